The van der Waals surface area contributed by atoms with Gasteiger partial charge in [0.25, 0.3) is 0 Å². The van der Waals surface area contributed by atoms with Gasteiger partial charge in [0.05, 0.1) is 15.9 Å². The Hall–Kier alpha value is -2.01. The second-order valence-corrected chi connectivity index (χ2v) is 6.74. The molecule has 2 rings (SSSR count). The maximum Gasteiger partial charge on any atom is 0.329 e. The first-order chi connectivity index (χ1) is 9.44. The van der Waals surface area contributed by atoms with Crippen LogP contribution in [0.2, 0.25) is 0 Å². The fourth-order valence-corrected chi connectivity index (χ4v) is 3.77. The Morgan fingerprint density at radius 2 is 2.30 bits per heavy atom. The number of rotatable bonds is 5. The molecule has 0 radical (unpaired) electrons. The summed E-state index contributed by atoms with van der Waals surface area (Å²) >= 11 is 0. The molecule has 110 valence electrons. The Balaban J connectivity index is 2.17. The number of anilines is 2. The average Bonchev–Trinajstić information content (AvgIpc) is 2.74. The smallest absolute Gasteiger partial charge is 0.329 e. The molecule has 1 saturated heterocycles. The van der Waals surface area contributed by atoms with Crippen LogP contribution in [0.15, 0.2) is 6.20 Å². The normalized spacial score (nSPS) is 20.6. The lowest BCUT2D eigenvalue weighted by Crippen LogP contribution is -2.26. The van der Waals surface area contributed by atoms with Crippen LogP contribution >= 0.6 is 0 Å². The SMILES string of the molecule is NNc1ncc([N+](=O)[O-])c(NCC2CCCS2(=O)=O)n1. The Bertz CT molecular complexity index is 619. The van der Waals surface area contributed by atoms with Crippen molar-refractivity contribution >= 4 is 27.3 Å². The first kappa shape index (κ1) is 14.4. The summed E-state index contributed by atoms with van der Waals surface area (Å²) in [4.78, 5) is 17.7. The highest BCUT2D eigenvalue weighted by Crippen LogP contribution is 2.24. The first-order valence-corrected chi connectivity index (χ1v) is 7.59. The van der Waals surface area contributed by atoms with E-state index in [2.05, 4.69) is 20.7 Å². The number of nitro groups is 1. The molecular formula is C9H14N6O4S. The lowest BCUT2D eigenvalue weighted by Gasteiger charge is -2.11. The van der Waals surface area contributed by atoms with E-state index >= 15 is 0 Å². The minimum atomic E-state index is -3.12. The highest BCUT2D eigenvalue weighted by Gasteiger charge is 2.31. The molecule has 0 bridgehead atoms. The molecule has 0 aliphatic carbocycles. The minimum Gasteiger partial charge on any atom is -0.363 e. The second kappa shape index (κ2) is 5.54. The van der Waals surface area contributed by atoms with E-state index in [-0.39, 0.29) is 29.8 Å². The molecule has 1 aliphatic rings. The highest BCUT2D eigenvalue weighted by molar-refractivity contribution is 7.92. The third kappa shape index (κ3) is 2.93. The van der Waals surface area contributed by atoms with Crippen molar-refractivity contribution in [1.29, 1.82) is 0 Å². The summed E-state index contributed by atoms with van der Waals surface area (Å²) in [6.07, 6.45) is 2.15. The monoisotopic (exact) mass is 302 g/mol. The molecule has 0 spiro atoms. The maximum atomic E-state index is 11.7. The topological polar surface area (TPSA) is 153 Å². The molecule has 4 N–H and O–H groups in total. The van der Waals surface area contributed by atoms with Crippen LogP contribution in [0.3, 0.4) is 0 Å². The molecule has 1 aromatic rings. The maximum absolute atomic E-state index is 11.7. The average molecular weight is 302 g/mol. The third-order valence-corrected chi connectivity index (χ3v) is 5.33. The van der Waals surface area contributed by atoms with Gasteiger partial charge in [-0.2, -0.15) is 4.98 Å². The van der Waals surface area contributed by atoms with Gasteiger partial charge >= 0.3 is 5.69 Å². The molecule has 0 amide bonds. The van der Waals surface area contributed by atoms with Crippen LogP contribution in [0.1, 0.15) is 12.8 Å². The molecule has 0 saturated carbocycles. The zero-order valence-corrected chi connectivity index (χ0v) is 11.3. The van der Waals surface area contributed by atoms with Crippen molar-refractivity contribution in [3.05, 3.63) is 16.3 Å². The summed E-state index contributed by atoms with van der Waals surface area (Å²) in [5.74, 6) is 5.24. The number of nitrogens with one attached hydrogen (secondary N) is 2. The molecule has 1 aliphatic heterocycles. The number of nitrogens with two attached hydrogens (primary N) is 1. The molecule has 0 aromatic carbocycles. The van der Waals surface area contributed by atoms with Gasteiger partial charge in [-0.25, -0.2) is 19.2 Å². The van der Waals surface area contributed by atoms with E-state index in [1.807, 2.05) is 0 Å². The fourth-order valence-electron chi connectivity index (χ4n) is 2.01. The van der Waals surface area contributed by atoms with Crippen molar-refractivity contribution in [1.82, 2.24) is 9.97 Å². The molecule has 10 nitrogen and oxygen atoms in total. The number of nitrogens with zero attached hydrogens (tertiary/aromatic N) is 3. The van der Waals surface area contributed by atoms with Crippen LogP contribution < -0.4 is 16.6 Å². The van der Waals surface area contributed by atoms with Gasteiger partial charge in [0.2, 0.25) is 11.8 Å². The standard InChI is InChI=1S/C9H14N6O4S/c10-14-9-12-5-7(15(16)17)8(13-9)11-4-6-2-1-3-20(6,18)19/h5-6H,1-4,10H2,(H2,11,12,13,14). The van der Waals surface area contributed by atoms with E-state index in [0.29, 0.717) is 12.8 Å². The quantitative estimate of drug-likeness (QED) is 0.376. The van der Waals surface area contributed by atoms with E-state index in [4.69, 9.17) is 5.84 Å². The van der Waals surface area contributed by atoms with Gasteiger partial charge in [-0.05, 0) is 12.8 Å². The summed E-state index contributed by atoms with van der Waals surface area (Å²) in [7, 11) is -3.12. The lowest BCUT2D eigenvalue weighted by atomic mass is 10.2. The molecule has 1 fully saturated rings. The van der Waals surface area contributed by atoms with Crippen molar-refractivity contribution in [2.75, 3.05) is 23.0 Å². The Morgan fingerprint density at radius 1 is 1.55 bits per heavy atom. The molecular weight excluding hydrogens is 288 g/mol. The molecule has 1 unspecified atom stereocenters. The van der Waals surface area contributed by atoms with E-state index < -0.39 is 20.0 Å². The van der Waals surface area contributed by atoms with Crippen LogP contribution in [-0.2, 0) is 9.84 Å². The minimum absolute atomic E-state index is 0.00683. The number of hydrogen-bond donors (Lipinski definition) is 3. The molecule has 11 heteroatoms. The molecule has 1 aromatic heterocycles. The first-order valence-electron chi connectivity index (χ1n) is 5.87. The number of hydrogen-bond acceptors (Lipinski definition) is 9. The van der Waals surface area contributed by atoms with Crippen LogP contribution in [0, 0.1) is 10.1 Å². The van der Waals surface area contributed by atoms with Crippen molar-refractivity contribution in [2.45, 2.75) is 18.1 Å². The van der Waals surface area contributed by atoms with Crippen LogP contribution in [0.5, 0.6) is 0 Å². The van der Waals surface area contributed by atoms with Crippen LogP contribution in [0.4, 0.5) is 17.5 Å². The largest absolute Gasteiger partial charge is 0.363 e. The van der Waals surface area contributed by atoms with Gasteiger partial charge in [-0.15, -0.1) is 0 Å². The van der Waals surface area contributed by atoms with Gasteiger partial charge in [-0.3, -0.25) is 15.5 Å². The number of hydrazine groups is 1. The van der Waals surface area contributed by atoms with Crippen molar-refractivity contribution in [3.63, 3.8) is 0 Å². The molecule has 2 heterocycles. The lowest BCUT2D eigenvalue weighted by molar-refractivity contribution is -0.384. The Labute approximate surface area is 114 Å². The van der Waals surface area contributed by atoms with Gasteiger partial charge in [0, 0.05) is 6.54 Å². The summed E-state index contributed by atoms with van der Waals surface area (Å²) in [6, 6.07) is 0. The molecule has 1 atom stereocenters. The van der Waals surface area contributed by atoms with E-state index in [1.165, 1.54) is 0 Å². The van der Waals surface area contributed by atoms with Crippen molar-refractivity contribution < 1.29 is 13.3 Å². The van der Waals surface area contributed by atoms with Gasteiger partial charge in [-0.1, -0.05) is 0 Å². The number of aromatic nitrogens is 2. The fraction of sp³-hybridized carbons (Fsp3) is 0.556. The number of nitrogen functional groups attached to an aromatic ring is 1. The Morgan fingerprint density at radius 3 is 2.85 bits per heavy atom. The number of sulfone groups is 1. The predicted octanol–water partition coefficient (Wildman–Crippen LogP) is -0.341. The van der Waals surface area contributed by atoms with E-state index in [9.17, 15) is 18.5 Å². The highest BCUT2D eigenvalue weighted by atomic mass is 32.2. The summed E-state index contributed by atoms with van der Waals surface area (Å²) in [5.41, 5.74) is 1.84. The third-order valence-electron chi connectivity index (χ3n) is 3.06. The van der Waals surface area contributed by atoms with Crippen molar-refractivity contribution in [3.8, 4) is 0 Å². The van der Waals surface area contributed by atoms with Crippen LogP contribution in [-0.4, -0.2) is 40.9 Å². The van der Waals surface area contributed by atoms with Gasteiger partial charge in [0.1, 0.15) is 6.20 Å². The summed E-state index contributed by atoms with van der Waals surface area (Å²) in [5, 5.41) is 13.0. The van der Waals surface area contributed by atoms with Gasteiger partial charge in [0.15, 0.2) is 9.84 Å². The van der Waals surface area contributed by atoms with Crippen molar-refractivity contribution in [2.24, 2.45) is 5.84 Å². The van der Waals surface area contributed by atoms with E-state index in [1.54, 1.807) is 0 Å². The second-order valence-electron chi connectivity index (χ2n) is 4.34. The zero-order chi connectivity index (χ0) is 14.8. The summed E-state index contributed by atoms with van der Waals surface area (Å²) < 4.78 is 23.4. The molecule has 20 heavy (non-hydrogen) atoms. The zero-order valence-electron chi connectivity index (χ0n) is 10.4. The van der Waals surface area contributed by atoms with Crippen LogP contribution in [0.25, 0.3) is 0 Å². The Kier molecular flexibility index (Phi) is 3.99. The summed E-state index contributed by atoms with van der Waals surface area (Å²) in [6.45, 7) is 0.0736. The predicted molar refractivity (Wildman–Crippen MR) is 71.8 cm³/mol. The van der Waals surface area contributed by atoms with E-state index in [0.717, 1.165) is 6.20 Å². The van der Waals surface area contributed by atoms with Gasteiger partial charge < -0.3 is 5.32 Å².